The van der Waals surface area contributed by atoms with E-state index in [9.17, 15) is 18.0 Å². The average molecular weight is 288 g/mol. The van der Waals surface area contributed by atoms with Crippen LogP contribution in [-0.2, 0) is 6.18 Å². The van der Waals surface area contributed by atoms with Crippen molar-refractivity contribution in [3.05, 3.63) is 29.3 Å². The molecule has 0 saturated carbocycles. The molecule has 1 amide bonds. The molecule has 0 saturated heterocycles. The summed E-state index contributed by atoms with van der Waals surface area (Å²) in [6, 6.07) is 3.65. The van der Waals surface area contributed by atoms with Crippen LogP contribution in [0.2, 0.25) is 0 Å². The second kappa shape index (κ2) is 6.63. The van der Waals surface area contributed by atoms with Crippen molar-refractivity contribution in [3.63, 3.8) is 0 Å². The van der Waals surface area contributed by atoms with Gasteiger partial charge in [-0.2, -0.15) is 13.2 Å². The quantitative estimate of drug-likeness (QED) is 0.897. The topological polar surface area (TPSA) is 32.3 Å². The molecule has 0 fully saturated rings. The fourth-order valence-electron chi connectivity index (χ4n) is 1.95. The second-order valence-electron chi connectivity index (χ2n) is 4.27. The smallest absolute Gasteiger partial charge is 0.385 e. The molecule has 0 bridgehead atoms. The minimum atomic E-state index is -4.49. The number of carbonyl (C=O) groups excluding carboxylic acids is 1. The van der Waals surface area contributed by atoms with Crippen LogP contribution in [0.1, 0.15) is 36.7 Å². The van der Waals surface area contributed by atoms with Gasteiger partial charge in [0, 0.05) is 30.9 Å². The summed E-state index contributed by atoms with van der Waals surface area (Å²) in [6.45, 7) is 6.61. The molecule has 0 radical (unpaired) electrons. The van der Waals surface area contributed by atoms with Crippen LogP contribution in [0.5, 0.6) is 0 Å². The first kappa shape index (κ1) is 16.3. The van der Waals surface area contributed by atoms with Gasteiger partial charge in [-0.3, -0.25) is 4.79 Å². The van der Waals surface area contributed by atoms with Crippen LogP contribution < -0.4 is 5.32 Å². The molecule has 0 aliphatic rings. The maximum atomic E-state index is 13.0. The zero-order valence-corrected chi connectivity index (χ0v) is 11.8. The maximum absolute atomic E-state index is 13.0. The third-order valence-electron chi connectivity index (χ3n) is 2.99. The Morgan fingerprint density at radius 1 is 1.20 bits per heavy atom. The third kappa shape index (κ3) is 3.65. The summed E-state index contributed by atoms with van der Waals surface area (Å²) in [6.07, 6.45) is -4.49. The number of alkyl halides is 3. The van der Waals surface area contributed by atoms with Crippen molar-refractivity contribution in [2.45, 2.75) is 26.9 Å². The highest BCUT2D eigenvalue weighted by Gasteiger charge is 2.34. The van der Waals surface area contributed by atoms with Gasteiger partial charge in [-0.1, -0.05) is 0 Å². The van der Waals surface area contributed by atoms with Gasteiger partial charge in [-0.25, -0.2) is 0 Å². The first-order valence-corrected chi connectivity index (χ1v) is 6.59. The largest absolute Gasteiger partial charge is 0.418 e. The number of rotatable bonds is 5. The lowest BCUT2D eigenvalue weighted by Gasteiger charge is -2.20. The number of anilines is 1. The van der Waals surface area contributed by atoms with Gasteiger partial charge in [0.2, 0.25) is 0 Å². The number of carbonyl (C=O) groups is 1. The summed E-state index contributed by atoms with van der Waals surface area (Å²) in [5, 5.41) is 2.66. The van der Waals surface area contributed by atoms with Crippen LogP contribution in [0.15, 0.2) is 18.2 Å². The Kier molecular flexibility index (Phi) is 5.42. The SMILES string of the molecule is CCNc1ccc(C(=O)N(CC)CC)cc1C(F)(F)F. The van der Waals surface area contributed by atoms with E-state index in [1.54, 1.807) is 20.8 Å². The molecule has 6 heteroatoms. The molecule has 3 nitrogen and oxygen atoms in total. The molecule has 0 aromatic heterocycles. The van der Waals surface area contributed by atoms with Gasteiger partial charge in [0.1, 0.15) is 0 Å². The summed E-state index contributed by atoms with van der Waals surface area (Å²) in [4.78, 5) is 13.6. The van der Waals surface area contributed by atoms with E-state index in [1.807, 2.05) is 0 Å². The van der Waals surface area contributed by atoms with E-state index in [2.05, 4.69) is 5.32 Å². The summed E-state index contributed by atoms with van der Waals surface area (Å²) < 4.78 is 39.0. The number of amides is 1. The summed E-state index contributed by atoms with van der Waals surface area (Å²) in [5.74, 6) is -0.386. The van der Waals surface area contributed by atoms with Crippen molar-refractivity contribution in [3.8, 4) is 0 Å². The van der Waals surface area contributed by atoms with E-state index in [0.29, 0.717) is 19.6 Å². The van der Waals surface area contributed by atoms with E-state index in [-0.39, 0.29) is 17.2 Å². The highest BCUT2D eigenvalue weighted by atomic mass is 19.4. The fourth-order valence-corrected chi connectivity index (χ4v) is 1.95. The van der Waals surface area contributed by atoms with Crippen LogP contribution in [0.25, 0.3) is 0 Å². The molecule has 20 heavy (non-hydrogen) atoms. The first-order valence-electron chi connectivity index (χ1n) is 6.59. The Hall–Kier alpha value is -1.72. The van der Waals surface area contributed by atoms with Gasteiger partial charge in [-0.15, -0.1) is 0 Å². The summed E-state index contributed by atoms with van der Waals surface area (Å²) in [7, 11) is 0. The molecule has 0 unspecified atom stereocenters. The van der Waals surface area contributed by atoms with Crippen molar-refractivity contribution in [1.82, 2.24) is 4.90 Å². The van der Waals surface area contributed by atoms with Gasteiger partial charge in [-0.05, 0) is 39.0 Å². The number of hydrogen-bond donors (Lipinski definition) is 1. The van der Waals surface area contributed by atoms with E-state index >= 15 is 0 Å². The first-order chi connectivity index (χ1) is 9.35. The number of hydrogen-bond acceptors (Lipinski definition) is 2. The van der Waals surface area contributed by atoms with Crippen LogP contribution in [-0.4, -0.2) is 30.4 Å². The van der Waals surface area contributed by atoms with Crippen LogP contribution in [0, 0.1) is 0 Å². The highest BCUT2D eigenvalue weighted by molar-refractivity contribution is 5.95. The van der Waals surface area contributed by atoms with Crippen LogP contribution in [0.4, 0.5) is 18.9 Å². The number of halogens is 3. The lowest BCUT2D eigenvalue weighted by Crippen LogP contribution is -2.30. The number of benzene rings is 1. The van der Waals surface area contributed by atoms with E-state index in [1.165, 1.54) is 17.0 Å². The zero-order valence-electron chi connectivity index (χ0n) is 11.8. The lowest BCUT2D eigenvalue weighted by molar-refractivity contribution is -0.137. The Balaban J connectivity index is 3.22. The van der Waals surface area contributed by atoms with Gasteiger partial charge in [0.25, 0.3) is 5.91 Å². The van der Waals surface area contributed by atoms with Gasteiger partial charge in [0.15, 0.2) is 0 Å². The van der Waals surface area contributed by atoms with Crippen LogP contribution in [0.3, 0.4) is 0 Å². The molecule has 1 aromatic carbocycles. The molecule has 0 heterocycles. The van der Waals surface area contributed by atoms with E-state index in [4.69, 9.17) is 0 Å². The van der Waals surface area contributed by atoms with Crippen molar-refractivity contribution in [2.24, 2.45) is 0 Å². The van der Waals surface area contributed by atoms with Crippen LogP contribution >= 0.6 is 0 Å². The number of nitrogens with one attached hydrogen (secondary N) is 1. The van der Waals surface area contributed by atoms with Crippen molar-refractivity contribution >= 4 is 11.6 Å². The predicted molar refractivity (Wildman–Crippen MR) is 72.9 cm³/mol. The zero-order chi connectivity index (χ0) is 15.3. The molecule has 0 aliphatic heterocycles. The standard InChI is InChI=1S/C14H19F3N2O/c1-4-18-12-8-7-10(9-11(12)14(15,16)17)13(20)19(5-2)6-3/h7-9,18H,4-6H2,1-3H3. The van der Waals surface area contributed by atoms with Gasteiger partial charge < -0.3 is 10.2 Å². The van der Waals surface area contributed by atoms with Crippen molar-refractivity contribution in [1.29, 1.82) is 0 Å². The van der Waals surface area contributed by atoms with Crippen molar-refractivity contribution < 1.29 is 18.0 Å². The van der Waals surface area contributed by atoms with E-state index in [0.717, 1.165) is 6.07 Å². The molecular weight excluding hydrogens is 269 g/mol. The van der Waals surface area contributed by atoms with Gasteiger partial charge >= 0.3 is 6.18 Å². The predicted octanol–water partition coefficient (Wildman–Crippen LogP) is 3.62. The average Bonchev–Trinajstić information content (AvgIpc) is 2.39. The summed E-state index contributed by atoms with van der Waals surface area (Å²) >= 11 is 0. The monoisotopic (exact) mass is 288 g/mol. The number of nitrogens with zero attached hydrogens (tertiary/aromatic N) is 1. The van der Waals surface area contributed by atoms with Gasteiger partial charge in [0.05, 0.1) is 5.56 Å². The molecule has 1 rings (SSSR count). The molecule has 0 atom stereocenters. The third-order valence-corrected chi connectivity index (χ3v) is 2.99. The minimum absolute atomic E-state index is 0.00361. The molecule has 1 aromatic rings. The molecule has 112 valence electrons. The highest BCUT2D eigenvalue weighted by Crippen LogP contribution is 2.35. The Morgan fingerprint density at radius 3 is 2.25 bits per heavy atom. The van der Waals surface area contributed by atoms with Crippen molar-refractivity contribution in [2.75, 3.05) is 25.0 Å². The Labute approximate surface area is 116 Å². The maximum Gasteiger partial charge on any atom is 0.418 e. The summed E-state index contributed by atoms with van der Waals surface area (Å²) in [5.41, 5.74) is -0.754. The normalized spacial score (nSPS) is 11.3. The Bertz CT molecular complexity index is 468. The Morgan fingerprint density at radius 2 is 1.80 bits per heavy atom. The minimum Gasteiger partial charge on any atom is -0.385 e. The lowest BCUT2D eigenvalue weighted by atomic mass is 10.1. The molecule has 1 N–H and O–H groups in total. The molecular formula is C14H19F3N2O. The molecule has 0 spiro atoms. The fraction of sp³-hybridized carbons (Fsp3) is 0.500. The molecule has 0 aliphatic carbocycles. The van der Waals surface area contributed by atoms with E-state index < -0.39 is 11.7 Å². The second-order valence-corrected chi connectivity index (χ2v) is 4.27.